The second-order valence-electron chi connectivity index (χ2n) is 4.62. The van der Waals surface area contributed by atoms with Crippen LogP contribution in [0.1, 0.15) is 11.1 Å². The number of hydrogen-bond donors (Lipinski definition) is 0. The lowest BCUT2D eigenvalue weighted by molar-refractivity contribution is 0.171. The van der Waals surface area contributed by atoms with Gasteiger partial charge in [0.25, 0.3) is 0 Å². The van der Waals surface area contributed by atoms with Crippen molar-refractivity contribution in [3.8, 4) is 11.5 Å². The summed E-state index contributed by atoms with van der Waals surface area (Å²) in [4.78, 5) is 0. The zero-order valence-electron chi connectivity index (χ0n) is 10.8. The third-order valence-electron chi connectivity index (χ3n) is 3.21. The molecule has 0 N–H and O–H groups in total. The van der Waals surface area contributed by atoms with E-state index in [9.17, 15) is 0 Å². The van der Waals surface area contributed by atoms with Crippen molar-refractivity contribution in [2.45, 2.75) is 6.42 Å². The number of hydrogen-bond acceptors (Lipinski definition) is 2. The first-order chi connectivity index (χ1) is 9.33. The van der Waals surface area contributed by atoms with Crippen molar-refractivity contribution in [2.75, 3.05) is 13.2 Å². The Hall–Kier alpha value is -2.22. The lowest BCUT2D eigenvalue weighted by atomic mass is 9.99. The molecule has 0 unspecified atom stereocenters. The van der Waals surface area contributed by atoms with Crippen molar-refractivity contribution in [1.29, 1.82) is 0 Å². The Morgan fingerprint density at radius 1 is 0.947 bits per heavy atom. The molecule has 2 aromatic rings. The average Bonchev–Trinajstić information content (AvgIpc) is 2.48. The molecule has 2 aromatic carbocycles. The van der Waals surface area contributed by atoms with Gasteiger partial charge in [0.15, 0.2) is 11.5 Å². The lowest BCUT2D eigenvalue weighted by Gasteiger charge is -2.19. The molecule has 0 saturated heterocycles. The third-order valence-corrected chi connectivity index (χ3v) is 3.21. The second-order valence-corrected chi connectivity index (χ2v) is 4.62. The molecule has 2 nitrogen and oxygen atoms in total. The Kier molecular flexibility index (Phi) is 3.23. The summed E-state index contributed by atoms with van der Waals surface area (Å²) in [6.45, 7) is 5.41. The van der Waals surface area contributed by atoms with Crippen molar-refractivity contribution in [1.82, 2.24) is 0 Å². The molecular formula is C17H16O2. The molecule has 1 aliphatic rings. The monoisotopic (exact) mass is 252 g/mol. The first-order valence-corrected chi connectivity index (χ1v) is 6.44. The predicted octanol–water partition coefficient (Wildman–Crippen LogP) is 3.71. The summed E-state index contributed by atoms with van der Waals surface area (Å²) in [6.07, 6.45) is 0.848. The molecule has 0 aromatic heterocycles. The number of ether oxygens (including phenoxy) is 2. The minimum absolute atomic E-state index is 0.613. The topological polar surface area (TPSA) is 18.5 Å². The van der Waals surface area contributed by atoms with E-state index in [0.29, 0.717) is 13.2 Å². The van der Waals surface area contributed by atoms with Crippen LogP contribution >= 0.6 is 0 Å². The highest BCUT2D eigenvalue weighted by Crippen LogP contribution is 2.33. The van der Waals surface area contributed by atoms with Crippen molar-refractivity contribution in [3.05, 3.63) is 66.2 Å². The zero-order chi connectivity index (χ0) is 13.1. The maximum absolute atomic E-state index is 5.60. The lowest BCUT2D eigenvalue weighted by Crippen LogP contribution is -2.15. The van der Waals surface area contributed by atoms with Crippen LogP contribution in [0.25, 0.3) is 5.57 Å². The molecule has 19 heavy (non-hydrogen) atoms. The number of allylic oxidation sites excluding steroid dienone is 1. The Bertz CT molecular complexity index is 587. The normalized spacial score (nSPS) is 13.1. The highest BCUT2D eigenvalue weighted by atomic mass is 16.6. The van der Waals surface area contributed by atoms with E-state index in [1.807, 2.05) is 36.4 Å². The molecule has 0 amide bonds. The summed E-state index contributed by atoms with van der Waals surface area (Å²) in [5, 5.41) is 0. The van der Waals surface area contributed by atoms with Crippen LogP contribution in [0.2, 0.25) is 0 Å². The number of rotatable bonds is 3. The molecule has 1 heterocycles. The van der Waals surface area contributed by atoms with E-state index in [0.717, 1.165) is 29.1 Å². The zero-order valence-corrected chi connectivity index (χ0v) is 10.8. The molecule has 0 atom stereocenters. The summed E-state index contributed by atoms with van der Waals surface area (Å²) in [5.41, 5.74) is 3.46. The van der Waals surface area contributed by atoms with Gasteiger partial charge in [-0.05, 0) is 35.3 Å². The first-order valence-electron chi connectivity index (χ1n) is 6.44. The molecular weight excluding hydrogens is 236 g/mol. The van der Waals surface area contributed by atoms with Crippen LogP contribution in [0.5, 0.6) is 11.5 Å². The largest absolute Gasteiger partial charge is 0.486 e. The molecule has 2 heteroatoms. The van der Waals surface area contributed by atoms with Gasteiger partial charge >= 0.3 is 0 Å². The van der Waals surface area contributed by atoms with Crippen molar-refractivity contribution in [3.63, 3.8) is 0 Å². The van der Waals surface area contributed by atoms with Crippen LogP contribution < -0.4 is 9.47 Å². The molecule has 3 rings (SSSR count). The fourth-order valence-electron chi connectivity index (χ4n) is 2.21. The average molecular weight is 252 g/mol. The molecule has 0 aliphatic carbocycles. The Morgan fingerprint density at radius 2 is 1.68 bits per heavy atom. The summed E-state index contributed by atoms with van der Waals surface area (Å²) in [7, 11) is 0. The molecule has 0 fully saturated rings. The summed E-state index contributed by atoms with van der Waals surface area (Å²) in [6, 6.07) is 16.4. The quantitative estimate of drug-likeness (QED) is 0.829. The molecule has 0 radical (unpaired) electrons. The maximum Gasteiger partial charge on any atom is 0.161 e. The van der Waals surface area contributed by atoms with E-state index in [1.165, 1.54) is 5.56 Å². The highest BCUT2D eigenvalue weighted by Gasteiger charge is 2.12. The van der Waals surface area contributed by atoms with Gasteiger partial charge < -0.3 is 9.47 Å². The van der Waals surface area contributed by atoms with Crippen molar-refractivity contribution in [2.24, 2.45) is 0 Å². The smallest absolute Gasteiger partial charge is 0.161 e. The number of benzene rings is 2. The van der Waals surface area contributed by atoms with Gasteiger partial charge in [-0.3, -0.25) is 0 Å². The van der Waals surface area contributed by atoms with E-state index in [-0.39, 0.29) is 0 Å². The van der Waals surface area contributed by atoms with E-state index in [1.54, 1.807) is 0 Å². The molecule has 1 aliphatic heterocycles. The fourth-order valence-corrected chi connectivity index (χ4v) is 2.21. The van der Waals surface area contributed by atoms with Gasteiger partial charge in [-0.25, -0.2) is 0 Å². The van der Waals surface area contributed by atoms with E-state index in [2.05, 4.69) is 18.7 Å². The minimum Gasteiger partial charge on any atom is -0.486 e. The van der Waals surface area contributed by atoms with Gasteiger partial charge in [-0.2, -0.15) is 0 Å². The van der Waals surface area contributed by atoms with Crippen LogP contribution in [0.15, 0.2) is 55.1 Å². The summed E-state index contributed by atoms with van der Waals surface area (Å²) >= 11 is 0. The van der Waals surface area contributed by atoms with Crippen LogP contribution in [0.4, 0.5) is 0 Å². The predicted molar refractivity (Wildman–Crippen MR) is 76.6 cm³/mol. The molecule has 96 valence electrons. The van der Waals surface area contributed by atoms with Gasteiger partial charge in [-0.15, -0.1) is 0 Å². The van der Waals surface area contributed by atoms with Gasteiger partial charge in [-0.1, -0.05) is 43.0 Å². The van der Waals surface area contributed by atoms with E-state index < -0.39 is 0 Å². The Balaban J connectivity index is 1.80. The third kappa shape index (κ3) is 2.63. The SMILES string of the molecule is C=C(Cc1ccccc1)c1ccc2c(c1)OCCO2. The van der Waals surface area contributed by atoms with Crippen LogP contribution in [-0.2, 0) is 6.42 Å². The molecule has 0 bridgehead atoms. The first kappa shape index (κ1) is 11.8. The van der Waals surface area contributed by atoms with Crippen LogP contribution in [-0.4, -0.2) is 13.2 Å². The van der Waals surface area contributed by atoms with Gasteiger partial charge in [0.1, 0.15) is 13.2 Å². The molecule has 0 saturated carbocycles. The van der Waals surface area contributed by atoms with Crippen LogP contribution in [0.3, 0.4) is 0 Å². The second kappa shape index (κ2) is 5.19. The standard InChI is InChI=1S/C17H16O2/c1-13(11-14-5-3-2-4-6-14)15-7-8-16-17(12-15)19-10-9-18-16/h2-8,12H,1,9-11H2. The molecule has 0 spiro atoms. The van der Waals surface area contributed by atoms with Gasteiger partial charge in [0.05, 0.1) is 0 Å². The van der Waals surface area contributed by atoms with Crippen molar-refractivity contribution < 1.29 is 9.47 Å². The summed E-state index contributed by atoms with van der Waals surface area (Å²) < 4.78 is 11.1. The summed E-state index contributed by atoms with van der Waals surface area (Å²) in [5.74, 6) is 1.64. The van der Waals surface area contributed by atoms with E-state index in [4.69, 9.17) is 9.47 Å². The maximum atomic E-state index is 5.60. The van der Waals surface area contributed by atoms with Gasteiger partial charge in [0.2, 0.25) is 0 Å². The Labute approximate surface area is 113 Å². The van der Waals surface area contributed by atoms with E-state index >= 15 is 0 Å². The highest BCUT2D eigenvalue weighted by molar-refractivity contribution is 5.68. The minimum atomic E-state index is 0.613. The Morgan fingerprint density at radius 3 is 2.47 bits per heavy atom. The number of fused-ring (bicyclic) bond motifs is 1. The fraction of sp³-hybridized carbons (Fsp3) is 0.176. The van der Waals surface area contributed by atoms with Crippen molar-refractivity contribution >= 4 is 5.57 Å². The van der Waals surface area contributed by atoms with Crippen LogP contribution in [0, 0.1) is 0 Å². The van der Waals surface area contributed by atoms with Gasteiger partial charge in [0, 0.05) is 0 Å².